The average Bonchev–Trinajstić information content (AvgIpc) is 2.76. The lowest BCUT2D eigenvalue weighted by Crippen LogP contribution is -2.11. The highest BCUT2D eigenvalue weighted by molar-refractivity contribution is 6.04. The van der Waals surface area contributed by atoms with E-state index < -0.39 is 0 Å². The van der Waals surface area contributed by atoms with Gasteiger partial charge < -0.3 is 11.1 Å². The fraction of sp³-hybridized carbons (Fsp3) is 0.231. The van der Waals surface area contributed by atoms with Gasteiger partial charge in [-0.1, -0.05) is 13.0 Å². The Kier molecular flexibility index (Phi) is 3.32. The van der Waals surface area contributed by atoms with Crippen LogP contribution in [0.3, 0.4) is 0 Å². The molecule has 0 aliphatic rings. The van der Waals surface area contributed by atoms with E-state index in [4.69, 9.17) is 5.73 Å². The molecular weight excluding hydrogens is 228 g/mol. The molecule has 1 aromatic heterocycles. The van der Waals surface area contributed by atoms with Gasteiger partial charge in [0, 0.05) is 24.6 Å². The fourth-order valence-electron chi connectivity index (χ4n) is 1.74. The van der Waals surface area contributed by atoms with E-state index in [0.717, 1.165) is 12.0 Å². The third kappa shape index (κ3) is 2.51. The van der Waals surface area contributed by atoms with Crippen molar-refractivity contribution in [3.05, 3.63) is 41.7 Å². The topological polar surface area (TPSA) is 72.9 Å². The summed E-state index contributed by atoms with van der Waals surface area (Å²) in [6.45, 7) is 2.04. The Bertz CT molecular complexity index is 574. The van der Waals surface area contributed by atoms with Gasteiger partial charge in [-0.05, 0) is 24.1 Å². The monoisotopic (exact) mass is 244 g/mol. The van der Waals surface area contributed by atoms with Gasteiger partial charge >= 0.3 is 0 Å². The first kappa shape index (κ1) is 12.2. The largest absolute Gasteiger partial charge is 0.398 e. The molecule has 0 saturated carbocycles. The number of nitrogen functional groups attached to an aromatic ring is 1. The third-order valence-corrected chi connectivity index (χ3v) is 2.75. The van der Waals surface area contributed by atoms with E-state index in [1.165, 1.54) is 6.20 Å². The van der Waals surface area contributed by atoms with Crippen LogP contribution < -0.4 is 11.1 Å². The Morgan fingerprint density at radius 1 is 1.50 bits per heavy atom. The van der Waals surface area contributed by atoms with Crippen molar-refractivity contribution in [1.82, 2.24) is 9.78 Å². The highest BCUT2D eigenvalue weighted by Gasteiger charge is 2.08. The number of aryl methyl sites for hydroxylation is 2. The quantitative estimate of drug-likeness (QED) is 0.809. The molecule has 18 heavy (non-hydrogen) atoms. The van der Waals surface area contributed by atoms with Gasteiger partial charge in [0.2, 0.25) is 0 Å². The lowest BCUT2D eigenvalue weighted by molar-refractivity contribution is 0.102. The first-order valence-electron chi connectivity index (χ1n) is 5.78. The van der Waals surface area contributed by atoms with Crippen molar-refractivity contribution in [1.29, 1.82) is 0 Å². The van der Waals surface area contributed by atoms with Gasteiger partial charge in [0.05, 0.1) is 11.8 Å². The maximum absolute atomic E-state index is 11.9. The van der Waals surface area contributed by atoms with Crippen molar-refractivity contribution in [3.63, 3.8) is 0 Å². The Hall–Kier alpha value is -2.30. The number of hydrogen-bond donors (Lipinski definition) is 2. The van der Waals surface area contributed by atoms with Crippen LogP contribution in [0.15, 0.2) is 30.6 Å². The molecule has 0 atom stereocenters. The highest BCUT2D eigenvalue weighted by Crippen LogP contribution is 2.19. The van der Waals surface area contributed by atoms with Crippen LogP contribution in [-0.4, -0.2) is 15.7 Å². The van der Waals surface area contributed by atoms with Crippen molar-refractivity contribution in [2.75, 3.05) is 11.1 Å². The van der Waals surface area contributed by atoms with Crippen molar-refractivity contribution >= 4 is 17.3 Å². The summed E-state index contributed by atoms with van der Waals surface area (Å²) in [7, 11) is 1.77. The molecule has 0 radical (unpaired) electrons. The molecule has 0 aliphatic heterocycles. The number of nitrogens with zero attached hydrogens (tertiary/aromatic N) is 2. The molecule has 2 aromatic rings. The van der Waals surface area contributed by atoms with Gasteiger partial charge in [-0.3, -0.25) is 9.48 Å². The Balaban J connectivity index is 2.14. The van der Waals surface area contributed by atoms with Crippen LogP contribution in [0.4, 0.5) is 11.4 Å². The zero-order chi connectivity index (χ0) is 13.1. The first-order chi connectivity index (χ1) is 8.60. The second-order valence-corrected chi connectivity index (χ2v) is 4.12. The van der Waals surface area contributed by atoms with Crippen LogP contribution in [-0.2, 0) is 13.5 Å². The third-order valence-electron chi connectivity index (χ3n) is 2.75. The molecule has 5 nitrogen and oxygen atoms in total. The predicted octanol–water partition coefficient (Wildman–Crippen LogP) is 1.82. The van der Waals surface area contributed by atoms with E-state index in [0.29, 0.717) is 16.9 Å². The van der Waals surface area contributed by atoms with Crippen molar-refractivity contribution < 1.29 is 4.79 Å². The van der Waals surface area contributed by atoms with E-state index >= 15 is 0 Å². The highest BCUT2D eigenvalue weighted by atomic mass is 16.1. The minimum absolute atomic E-state index is 0.188. The minimum Gasteiger partial charge on any atom is -0.398 e. The number of anilines is 2. The number of carbonyl (C=O) groups is 1. The van der Waals surface area contributed by atoms with Gasteiger partial charge in [0.15, 0.2) is 0 Å². The number of rotatable bonds is 3. The molecule has 1 aromatic carbocycles. The van der Waals surface area contributed by atoms with E-state index in [9.17, 15) is 4.79 Å². The molecule has 0 fully saturated rings. The molecule has 0 aliphatic carbocycles. The molecule has 0 unspecified atom stereocenters. The lowest BCUT2D eigenvalue weighted by atomic mass is 10.1. The number of carbonyl (C=O) groups excluding carboxylic acids is 1. The molecule has 1 heterocycles. The Labute approximate surface area is 106 Å². The molecular formula is C13H16N4O. The predicted molar refractivity (Wildman–Crippen MR) is 71.4 cm³/mol. The van der Waals surface area contributed by atoms with Crippen LogP contribution in [0.2, 0.25) is 0 Å². The molecule has 2 rings (SSSR count). The fourth-order valence-corrected chi connectivity index (χ4v) is 1.74. The summed E-state index contributed by atoms with van der Waals surface area (Å²) in [5.41, 5.74) is 8.87. The van der Waals surface area contributed by atoms with Crippen LogP contribution in [0.1, 0.15) is 22.8 Å². The molecule has 0 spiro atoms. The van der Waals surface area contributed by atoms with Gasteiger partial charge in [-0.25, -0.2) is 0 Å². The maximum Gasteiger partial charge on any atom is 0.258 e. The summed E-state index contributed by atoms with van der Waals surface area (Å²) in [5.74, 6) is -0.188. The van der Waals surface area contributed by atoms with Crippen LogP contribution in [0.25, 0.3) is 0 Å². The standard InChI is InChI=1S/C13H16N4O/c1-3-9-4-5-11(6-12(9)14)16-13(18)10-7-15-17(2)8-10/h4-8H,3,14H2,1-2H3,(H,16,18). The van der Waals surface area contributed by atoms with Crippen LogP contribution >= 0.6 is 0 Å². The number of nitrogens with two attached hydrogens (primary N) is 1. The van der Waals surface area contributed by atoms with E-state index in [1.54, 1.807) is 24.0 Å². The average molecular weight is 244 g/mol. The van der Waals surface area contributed by atoms with Gasteiger partial charge in [-0.15, -0.1) is 0 Å². The Morgan fingerprint density at radius 2 is 2.28 bits per heavy atom. The number of benzene rings is 1. The molecule has 0 saturated heterocycles. The van der Waals surface area contributed by atoms with Crippen LogP contribution in [0.5, 0.6) is 0 Å². The number of nitrogens with one attached hydrogen (secondary N) is 1. The summed E-state index contributed by atoms with van der Waals surface area (Å²) in [6, 6.07) is 5.55. The number of hydrogen-bond acceptors (Lipinski definition) is 3. The minimum atomic E-state index is -0.188. The molecule has 94 valence electrons. The zero-order valence-electron chi connectivity index (χ0n) is 10.5. The number of amides is 1. The summed E-state index contributed by atoms with van der Waals surface area (Å²) < 4.78 is 1.59. The van der Waals surface area contributed by atoms with Crippen molar-refractivity contribution in [2.24, 2.45) is 7.05 Å². The lowest BCUT2D eigenvalue weighted by Gasteiger charge is -2.07. The van der Waals surface area contributed by atoms with Gasteiger partial charge in [0.1, 0.15) is 0 Å². The maximum atomic E-state index is 11.9. The molecule has 1 amide bonds. The Morgan fingerprint density at radius 3 is 2.83 bits per heavy atom. The van der Waals surface area contributed by atoms with Crippen LogP contribution in [0, 0.1) is 0 Å². The summed E-state index contributed by atoms with van der Waals surface area (Å²) in [5, 5.41) is 6.75. The molecule has 0 bridgehead atoms. The molecule has 5 heteroatoms. The van der Waals surface area contributed by atoms with Crippen molar-refractivity contribution in [2.45, 2.75) is 13.3 Å². The molecule has 3 N–H and O–H groups in total. The van der Waals surface area contributed by atoms with E-state index in [-0.39, 0.29) is 5.91 Å². The number of aromatic nitrogens is 2. The van der Waals surface area contributed by atoms with Crippen molar-refractivity contribution in [3.8, 4) is 0 Å². The van der Waals surface area contributed by atoms with Gasteiger partial charge in [0.25, 0.3) is 5.91 Å². The SMILES string of the molecule is CCc1ccc(NC(=O)c2cnn(C)c2)cc1N. The normalized spacial score (nSPS) is 10.3. The second kappa shape index (κ2) is 4.91. The summed E-state index contributed by atoms with van der Waals surface area (Å²) in [4.78, 5) is 11.9. The second-order valence-electron chi connectivity index (χ2n) is 4.12. The van der Waals surface area contributed by atoms with E-state index in [2.05, 4.69) is 10.4 Å². The zero-order valence-corrected chi connectivity index (χ0v) is 10.5. The van der Waals surface area contributed by atoms with Gasteiger partial charge in [-0.2, -0.15) is 5.10 Å². The first-order valence-corrected chi connectivity index (χ1v) is 5.78. The summed E-state index contributed by atoms with van der Waals surface area (Å²) >= 11 is 0. The summed E-state index contributed by atoms with van der Waals surface area (Å²) in [6.07, 6.45) is 4.07. The van der Waals surface area contributed by atoms with E-state index in [1.807, 2.05) is 19.1 Å². The smallest absolute Gasteiger partial charge is 0.258 e.